The third-order valence-corrected chi connectivity index (χ3v) is 3.14. The van der Waals surface area contributed by atoms with E-state index in [0.29, 0.717) is 0 Å². The zero-order valence-electron chi connectivity index (χ0n) is 12.8. The van der Waals surface area contributed by atoms with Crippen LogP contribution in [0.25, 0.3) is 0 Å². The second-order valence-electron chi connectivity index (χ2n) is 4.99. The van der Waals surface area contributed by atoms with Crippen LogP contribution in [0.15, 0.2) is 43.0 Å². The van der Waals surface area contributed by atoms with E-state index in [0.717, 1.165) is 0 Å². The monoisotopic (exact) mass is 345 g/mol. The van der Waals surface area contributed by atoms with Crippen molar-refractivity contribution in [3.63, 3.8) is 0 Å². The molecule has 0 radical (unpaired) electrons. The molecule has 0 fully saturated rings. The maximum atomic E-state index is 13.2. The molecule has 2 N–H and O–H groups in total. The molecule has 0 heterocycles. The van der Waals surface area contributed by atoms with Gasteiger partial charge in [-0.1, -0.05) is 36.4 Å². The largest absolute Gasteiger partial charge is 0.480 e. The highest BCUT2D eigenvalue weighted by molar-refractivity contribution is 5.84. The number of alkyl halides is 3. The van der Waals surface area contributed by atoms with Crippen LogP contribution in [0.4, 0.5) is 13.2 Å². The molecule has 0 aliphatic heterocycles. The summed E-state index contributed by atoms with van der Waals surface area (Å²) in [5.74, 6) is -4.42. The van der Waals surface area contributed by atoms with Crippen LogP contribution in [0, 0.1) is 0 Å². The normalized spacial score (nSPS) is 13.8. The lowest BCUT2D eigenvalue weighted by molar-refractivity contribution is -0.158. The number of carbonyl (C=O) groups excluding carboxylic acids is 1. The summed E-state index contributed by atoms with van der Waals surface area (Å²) in [6.07, 6.45) is -4.15. The quantitative estimate of drug-likeness (QED) is 0.533. The Morgan fingerprint density at radius 2 is 1.92 bits per heavy atom. The third-order valence-electron chi connectivity index (χ3n) is 3.14. The van der Waals surface area contributed by atoms with Crippen molar-refractivity contribution in [1.29, 1.82) is 0 Å². The molecule has 0 saturated carbocycles. The highest BCUT2D eigenvalue weighted by Gasteiger charge is 2.42. The van der Waals surface area contributed by atoms with E-state index in [4.69, 9.17) is 9.84 Å². The van der Waals surface area contributed by atoms with Crippen molar-refractivity contribution in [2.24, 2.45) is 0 Å². The first kappa shape index (κ1) is 19.7. The first-order valence-electron chi connectivity index (χ1n) is 7.08. The Kier molecular flexibility index (Phi) is 7.44. The number of aliphatic carboxylic acids is 1. The van der Waals surface area contributed by atoms with Gasteiger partial charge in [-0.25, -0.2) is 4.79 Å². The lowest BCUT2D eigenvalue weighted by Gasteiger charge is -2.21. The molecule has 2 atom stereocenters. The van der Waals surface area contributed by atoms with E-state index < -0.39 is 36.4 Å². The zero-order chi connectivity index (χ0) is 18.2. The van der Waals surface area contributed by atoms with E-state index in [1.165, 1.54) is 30.3 Å². The predicted molar refractivity (Wildman–Crippen MR) is 80.4 cm³/mol. The minimum Gasteiger partial charge on any atom is -0.480 e. The summed E-state index contributed by atoms with van der Waals surface area (Å²) in [4.78, 5) is 22.9. The van der Waals surface area contributed by atoms with Crippen molar-refractivity contribution >= 4 is 11.9 Å². The molecule has 0 bridgehead atoms. The fourth-order valence-electron chi connectivity index (χ4n) is 1.99. The number of halogens is 3. The van der Waals surface area contributed by atoms with Crippen LogP contribution in [0.2, 0.25) is 0 Å². The van der Waals surface area contributed by atoms with Crippen molar-refractivity contribution in [2.75, 3.05) is 13.2 Å². The molecule has 0 aliphatic rings. The van der Waals surface area contributed by atoms with Crippen LogP contribution < -0.4 is 5.32 Å². The molecule has 1 amide bonds. The van der Waals surface area contributed by atoms with Gasteiger partial charge in [-0.2, -0.15) is 13.2 Å². The Morgan fingerprint density at radius 3 is 2.42 bits per heavy atom. The van der Waals surface area contributed by atoms with E-state index in [-0.39, 0.29) is 18.8 Å². The second-order valence-corrected chi connectivity index (χ2v) is 4.99. The highest BCUT2D eigenvalue weighted by Crippen LogP contribution is 2.37. The molecule has 0 aliphatic carbocycles. The lowest BCUT2D eigenvalue weighted by Crippen LogP contribution is -2.45. The average molecular weight is 345 g/mol. The van der Waals surface area contributed by atoms with Gasteiger partial charge in [-0.05, 0) is 5.56 Å². The van der Waals surface area contributed by atoms with Crippen LogP contribution >= 0.6 is 0 Å². The van der Waals surface area contributed by atoms with Crippen molar-refractivity contribution in [1.82, 2.24) is 5.32 Å². The van der Waals surface area contributed by atoms with E-state index in [9.17, 15) is 22.8 Å². The van der Waals surface area contributed by atoms with Gasteiger partial charge in [0.15, 0.2) is 6.04 Å². The summed E-state index contributed by atoms with van der Waals surface area (Å²) < 4.78 is 44.5. The number of nitrogens with one attached hydrogen (secondary N) is 1. The molecule has 24 heavy (non-hydrogen) atoms. The van der Waals surface area contributed by atoms with Gasteiger partial charge in [0.25, 0.3) is 0 Å². The van der Waals surface area contributed by atoms with Crippen LogP contribution in [-0.4, -0.2) is 42.4 Å². The fraction of sp³-hybridized carbons (Fsp3) is 0.375. The van der Waals surface area contributed by atoms with E-state index in [1.54, 1.807) is 6.07 Å². The van der Waals surface area contributed by atoms with E-state index >= 15 is 0 Å². The summed E-state index contributed by atoms with van der Waals surface area (Å²) in [5.41, 5.74) is -0.0602. The molecule has 0 saturated heterocycles. The average Bonchev–Trinajstić information content (AvgIpc) is 2.51. The van der Waals surface area contributed by atoms with E-state index in [1.807, 2.05) is 5.32 Å². The number of rotatable bonds is 9. The third kappa shape index (κ3) is 6.41. The molecule has 0 aromatic heterocycles. The SMILES string of the molecule is C=CCOCC(NC(=O)CC(c1ccccc1)C(F)(F)F)C(=O)O. The van der Waals surface area contributed by atoms with Gasteiger partial charge in [0.1, 0.15) is 0 Å². The van der Waals surface area contributed by atoms with Crippen LogP contribution in [0.5, 0.6) is 0 Å². The Hall–Kier alpha value is -2.35. The van der Waals surface area contributed by atoms with Crippen LogP contribution in [-0.2, 0) is 14.3 Å². The number of carbonyl (C=O) groups is 2. The number of carboxylic acid groups (broad SMARTS) is 1. The number of benzene rings is 1. The molecule has 2 unspecified atom stereocenters. The Bertz CT molecular complexity index is 560. The van der Waals surface area contributed by atoms with Gasteiger partial charge in [0.05, 0.1) is 19.1 Å². The van der Waals surface area contributed by atoms with Crippen molar-refractivity contribution in [2.45, 2.75) is 24.6 Å². The van der Waals surface area contributed by atoms with Gasteiger partial charge in [0, 0.05) is 6.42 Å². The maximum absolute atomic E-state index is 13.2. The number of hydrogen-bond donors (Lipinski definition) is 2. The summed E-state index contributed by atoms with van der Waals surface area (Å²) in [7, 11) is 0. The summed E-state index contributed by atoms with van der Waals surface area (Å²) in [6, 6.07) is 5.56. The van der Waals surface area contributed by atoms with Crippen molar-refractivity contribution in [3.8, 4) is 0 Å². The van der Waals surface area contributed by atoms with Gasteiger partial charge in [-0.15, -0.1) is 6.58 Å². The minimum atomic E-state index is -4.63. The minimum absolute atomic E-state index is 0.0602. The standard InChI is InChI=1S/C16H18F3NO4/c1-2-8-24-10-13(15(22)23)20-14(21)9-12(16(17,18)19)11-6-4-3-5-7-11/h2-7,12-13H,1,8-10H2,(H,20,21)(H,22,23). The molecule has 1 aromatic rings. The summed E-state index contributed by atoms with van der Waals surface area (Å²) in [6.45, 7) is 3.08. The zero-order valence-corrected chi connectivity index (χ0v) is 12.8. The lowest BCUT2D eigenvalue weighted by atomic mass is 9.94. The van der Waals surface area contributed by atoms with Gasteiger partial charge < -0.3 is 15.2 Å². The molecule has 132 valence electrons. The summed E-state index contributed by atoms with van der Waals surface area (Å²) in [5, 5.41) is 11.0. The van der Waals surface area contributed by atoms with E-state index in [2.05, 4.69) is 6.58 Å². The molecule has 5 nitrogen and oxygen atoms in total. The molecule has 1 rings (SSSR count). The Morgan fingerprint density at radius 1 is 1.29 bits per heavy atom. The van der Waals surface area contributed by atoms with Crippen molar-refractivity contribution in [3.05, 3.63) is 48.6 Å². The first-order chi connectivity index (χ1) is 11.3. The number of amides is 1. The van der Waals surface area contributed by atoms with Gasteiger partial charge in [0.2, 0.25) is 5.91 Å². The topological polar surface area (TPSA) is 75.6 Å². The van der Waals surface area contributed by atoms with Crippen LogP contribution in [0.3, 0.4) is 0 Å². The molecular formula is C16H18F3NO4. The van der Waals surface area contributed by atoms with Crippen molar-refractivity contribution < 1.29 is 32.6 Å². The highest BCUT2D eigenvalue weighted by atomic mass is 19.4. The Balaban J connectivity index is 2.77. The smallest absolute Gasteiger partial charge is 0.396 e. The van der Waals surface area contributed by atoms with Gasteiger partial charge in [-0.3, -0.25) is 4.79 Å². The van der Waals surface area contributed by atoms with Gasteiger partial charge >= 0.3 is 12.1 Å². The fourth-order valence-corrected chi connectivity index (χ4v) is 1.99. The number of carboxylic acids is 1. The first-order valence-corrected chi connectivity index (χ1v) is 7.08. The number of hydrogen-bond acceptors (Lipinski definition) is 3. The molecular weight excluding hydrogens is 327 g/mol. The maximum Gasteiger partial charge on any atom is 0.396 e. The predicted octanol–water partition coefficient (Wildman–Crippen LogP) is 2.49. The number of ether oxygens (including phenoxy) is 1. The van der Waals surface area contributed by atoms with Crippen LogP contribution in [0.1, 0.15) is 17.9 Å². The molecule has 8 heteroatoms. The summed E-state index contributed by atoms with van der Waals surface area (Å²) >= 11 is 0. The molecule has 1 aromatic carbocycles. The Labute approximate surface area is 137 Å². The second kappa shape index (κ2) is 9.07. The molecule has 0 spiro atoms.